The average molecular weight is 712 g/mol. The molecule has 0 saturated carbocycles. The quantitative estimate of drug-likeness (QED) is 0.407. The number of anilines is 1. The Kier molecular flexibility index (Phi) is 10.3. The van der Waals surface area contributed by atoms with E-state index in [0.717, 1.165) is 56.3 Å². The molecular formula is C32H41ClF3N7O4S. The number of likely N-dealkylation sites (N-methyl/N-ethyl adjacent to an activating group) is 1. The Bertz CT molecular complexity index is 1500. The molecule has 0 bridgehead atoms. The first-order valence-corrected chi connectivity index (χ1v) is 17.7. The number of phenolic OH excluding ortho intramolecular Hbond substituents is 1. The van der Waals surface area contributed by atoms with E-state index >= 15 is 0 Å². The first-order valence-electron chi connectivity index (χ1n) is 16.4. The maximum absolute atomic E-state index is 14.0. The maximum Gasteiger partial charge on any atom is 0.420 e. The summed E-state index contributed by atoms with van der Waals surface area (Å²) in [7, 11) is 2.10. The topological polar surface area (TPSA) is 112 Å². The molecule has 6 rings (SSSR count). The second-order valence-electron chi connectivity index (χ2n) is 13.2. The van der Waals surface area contributed by atoms with Gasteiger partial charge in [0.1, 0.15) is 11.8 Å². The largest absolute Gasteiger partial charge is 0.506 e. The highest BCUT2D eigenvalue weighted by Gasteiger charge is 2.38. The van der Waals surface area contributed by atoms with Crippen LogP contribution < -0.4 is 10.6 Å². The number of urea groups is 2. The molecule has 48 heavy (non-hydrogen) atoms. The van der Waals surface area contributed by atoms with Gasteiger partial charge in [0.05, 0.1) is 22.8 Å². The summed E-state index contributed by atoms with van der Waals surface area (Å²) < 4.78 is 41.1. The van der Waals surface area contributed by atoms with E-state index in [1.165, 1.54) is 17.4 Å². The molecule has 1 aromatic heterocycles. The Labute approximate surface area is 286 Å². The molecular weight excluding hydrogens is 671 g/mol. The first-order chi connectivity index (χ1) is 22.9. The van der Waals surface area contributed by atoms with Crippen LogP contribution in [-0.2, 0) is 23.9 Å². The van der Waals surface area contributed by atoms with Gasteiger partial charge in [0.2, 0.25) is 5.91 Å². The third kappa shape index (κ3) is 7.63. The number of benzene rings is 1. The highest BCUT2D eigenvalue weighted by Crippen LogP contribution is 2.40. The van der Waals surface area contributed by atoms with Crippen molar-refractivity contribution in [3.05, 3.63) is 44.6 Å². The summed E-state index contributed by atoms with van der Waals surface area (Å²) in [5, 5.41) is 19.2. The van der Waals surface area contributed by atoms with Crippen LogP contribution in [0, 0.1) is 0 Å². The Morgan fingerprint density at radius 2 is 1.65 bits per heavy atom. The van der Waals surface area contributed by atoms with Crippen LogP contribution in [0.4, 0.5) is 28.4 Å². The number of alkyl halides is 3. The molecule has 262 valence electrons. The van der Waals surface area contributed by atoms with Gasteiger partial charge in [-0.3, -0.25) is 9.69 Å². The van der Waals surface area contributed by atoms with Crippen molar-refractivity contribution in [2.24, 2.45) is 0 Å². The predicted octanol–water partition coefficient (Wildman–Crippen LogP) is 4.50. The number of carbonyl (C=O) groups excluding carboxylic acids is 3. The molecule has 4 aliphatic heterocycles. The van der Waals surface area contributed by atoms with Crippen LogP contribution in [0.2, 0.25) is 5.02 Å². The monoisotopic (exact) mass is 711 g/mol. The third-order valence-corrected chi connectivity index (χ3v) is 11.2. The fourth-order valence-electron chi connectivity index (χ4n) is 7.20. The molecule has 1 atom stereocenters. The Hall–Kier alpha value is -3.27. The zero-order chi connectivity index (χ0) is 34.2. The van der Waals surface area contributed by atoms with Crippen molar-refractivity contribution in [1.82, 2.24) is 29.8 Å². The summed E-state index contributed by atoms with van der Waals surface area (Å²) in [6.07, 6.45) is -2.48. The number of aromatic hydroxyl groups is 1. The van der Waals surface area contributed by atoms with Gasteiger partial charge in [-0.15, -0.1) is 11.3 Å². The normalized spacial score (nSPS) is 21.2. The number of nitrogens with zero attached hydrogens (tertiary/aromatic N) is 5. The molecule has 1 aromatic carbocycles. The van der Waals surface area contributed by atoms with E-state index in [-0.39, 0.29) is 30.0 Å². The predicted molar refractivity (Wildman–Crippen MR) is 176 cm³/mol. The zero-order valence-corrected chi connectivity index (χ0v) is 28.3. The van der Waals surface area contributed by atoms with Gasteiger partial charge in [-0.1, -0.05) is 11.6 Å². The zero-order valence-electron chi connectivity index (χ0n) is 26.8. The number of likely N-dealkylation sites (tertiary alicyclic amines) is 2. The summed E-state index contributed by atoms with van der Waals surface area (Å²) in [5.74, 6) is -1.45. The minimum absolute atomic E-state index is 0.0683. The van der Waals surface area contributed by atoms with Crippen LogP contribution in [0.3, 0.4) is 0 Å². The molecule has 5 heterocycles. The molecule has 0 radical (unpaired) electrons. The molecule has 3 saturated heterocycles. The number of piperidine rings is 2. The molecule has 0 spiro atoms. The minimum Gasteiger partial charge on any atom is -0.506 e. The average Bonchev–Trinajstić information content (AvgIpc) is 3.52. The van der Waals surface area contributed by atoms with Crippen molar-refractivity contribution in [2.45, 2.75) is 63.0 Å². The third-order valence-electron chi connectivity index (χ3n) is 10.1. The van der Waals surface area contributed by atoms with Crippen LogP contribution in [0.15, 0.2) is 22.9 Å². The smallest absolute Gasteiger partial charge is 0.420 e. The maximum atomic E-state index is 14.0. The number of halogens is 4. The Balaban J connectivity index is 1.13. The summed E-state index contributed by atoms with van der Waals surface area (Å²) in [4.78, 5) is 50.1. The number of thiophene rings is 1. The molecule has 0 aliphatic carbocycles. The number of carbonyl (C=O) groups is 3. The van der Waals surface area contributed by atoms with Crippen molar-refractivity contribution in [3.63, 3.8) is 0 Å². The number of nitrogens with one attached hydrogen (secondary N) is 2. The molecule has 4 aliphatic rings. The fraction of sp³-hybridized carbons (Fsp3) is 0.594. The molecule has 5 amide bonds. The molecule has 2 aromatic rings. The minimum atomic E-state index is -4.86. The van der Waals surface area contributed by atoms with E-state index < -0.39 is 34.6 Å². The standard InChI is InChI=1S/C32H41ClF3N7O4S/c1-39-10-12-40(13-11-39)22-2-6-41(7-3-22)29(45)26(16-20-14-24(32(34,35)36)28(44)25(33)15-20)37-30(46)42-8-4-23(5-9-42)43-17-21-18-48-19-27(21)38-31(43)47/h14-15,18-19,22-23,26,44H,2-13,16-17H2,1H3,(H,37,46)(H,38,47)/t26-/m1/s1. The summed E-state index contributed by atoms with van der Waals surface area (Å²) in [6, 6.07) is 0.437. The molecule has 3 N–H and O–H groups in total. The highest BCUT2D eigenvalue weighted by molar-refractivity contribution is 7.08. The number of piperazine rings is 1. The molecule has 3 fully saturated rings. The van der Waals surface area contributed by atoms with E-state index in [2.05, 4.69) is 27.5 Å². The van der Waals surface area contributed by atoms with Crippen LogP contribution in [-0.4, -0.2) is 125 Å². The van der Waals surface area contributed by atoms with Crippen LogP contribution >= 0.6 is 22.9 Å². The lowest BCUT2D eigenvalue weighted by Crippen LogP contribution is -2.58. The van der Waals surface area contributed by atoms with E-state index in [4.69, 9.17) is 11.6 Å². The van der Waals surface area contributed by atoms with Gasteiger partial charge < -0.3 is 35.3 Å². The number of hydrogen-bond donors (Lipinski definition) is 3. The summed E-state index contributed by atoms with van der Waals surface area (Å²) in [5.41, 5.74) is 0.652. The van der Waals surface area contributed by atoms with E-state index in [0.29, 0.717) is 51.6 Å². The molecule has 11 nitrogen and oxygen atoms in total. The van der Waals surface area contributed by atoms with Gasteiger partial charge in [0.25, 0.3) is 0 Å². The molecule has 0 unspecified atom stereocenters. The second kappa shape index (κ2) is 14.3. The van der Waals surface area contributed by atoms with Gasteiger partial charge in [0.15, 0.2) is 0 Å². The fourth-order valence-corrected chi connectivity index (χ4v) is 8.22. The van der Waals surface area contributed by atoms with E-state index in [1.54, 1.807) is 14.7 Å². The Morgan fingerprint density at radius 3 is 2.31 bits per heavy atom. The first kappa shape index (κ1) is 34.6. The van der Waals surface area contributed by atoms with Crippen molar-refractivity contribution in [2.75, 3.05) is 64.7 Å². The van der Waals surface area contributed by atoms with Crippen molar-refractivity contribution in [1.29, 1.82) is 0 Å². The van der Waals surface area contributed by atoms with E-state index in [1.807, 2.05) is 10.8 Å². The van der Waals surface area contributed by atoms with Gasteiger partial charge in [-0.25, -0.2) is 9.59 Å². The lowest BCUT2D eigenvalue weighted by atomic mass is 9.98. The number of amides is 5. The molecule has 16 heteroatoms. The van der Waals surface area contributed by atoms with Gasteiger partial charge in [-0.2, -0.15) is 13.2 Å². The van der Waals surface area contributed by atoms with Crippen LogP contribution in [0.1, 0.15) is 42.4 Å². The van der Waals surface area contributed by atoms with Crippen LogP contribution in [0.25, 0.3) is 0 Å². The second-order valence-corrected chi connectivity index (χ2v) is 14.3. The number of phenols is 1. The van der Waals surface area contributed by atoms with Crippen molar-refractivity contribution in [3.8, 4) is 5.75 Å². The number of hydrogen-bond acceptors (Lipinski definition) is 7. The Morgan fingerprint density at radius 1 is 1.00 bits per heavy atom. The highest BCUT2D eigenvalue weighted by atomic mass is 35.5. The van der Waals surface area contributed by atoms with Gasteiger partial charge >= 0.3 is 18.2 Å². The van der Waals surface area contributed by atoms with Crippen molar-refractivity contribution < 1.29 is 32.7 Å². The number of rotatable bonds is 6. The van der Waals surface area contributed by atoms with Crippen molar-refractivity contribution >= 4 is 46.6 Å². The van der Waals surface area contributed by atoms with Gasteiger partial charge in [-0.05, 0) is 55.8 Å². The lowest BCUT2D eigenvalue weighted by molar-refractivity contribution is -0.138. The summed E-state index contributed by atoms with van der Waals surface area (Å²) in [6.45, 7) is 6.03. The van der Waals surface area contributed by atoms with Gasteiger partial charge in [0, 0.05) is 81.8 Å². The SMILES string of the molecule is CN1CCN(C2CCN(C(=O)[C@@H](Cc3cc(Cl)c(O)c(C(F)(F)F)c3)NC(=O)N3CCC(N4Cc5cscc5NC4=O)CC3)CC2)CC1. The number of fused-ring (bicyclic) bond motifs is 1. The van der Waals surface area contributed by atoms with E-state index in [9.17, 15) is 32.7 Å². The van der Waals surface area contributed by atoms with Crippen LogP contribution in [0.5, 0.6) is 5.75 Å². The summed E-state index contributed by atoms with van der Waals surface area (Å²) >= 11 is 7.52. The lowest BCUT2D eigenvalue weighted by Gasteiger charge is -2.43.